The molecule has 46 valence electrons. The number of hydrogen-bond donors (Lipinski definition) is 0. The maximum Gasteiger partial charge on any atom is 0 e. The zero-order valence-corrected chi connectivity index (χ0v) is 9.21. The normalized spacial score (nSPS) is 2.57. The summed E-state index contributed by atoms with van der Waals surface area (Å²) < 4.78 is 0. The van der Waals surface area contributed by atoms with Gasteiger partial charge in [-0.25, -0.2) is 0 Å². The quantitative estimate of drug-likeness (QED) is 0.466. The molecule has 0 aromatic carbocycles. The van der Waals surface area contributed by atoms with E-state index in [0.717, 1.165) is 0 Å². The molecular weight excluding hydrogens is 251 g/mol. The molecule has 0 amide bonds. The molecule has 0 aromatic heterocycles. The van der Waals surface area contributed by atoms with Crippen molar-refractivity contribution >= 4 is 0 Å². The van der Waals surface area contributed by atoms with Crippen molar-refractivity contribution in [2.45, 2.75) is 20.8 Å². The molecule has 0 N–H and O–H groups in total. The summed E-state index contributed by atoms with van der Waals surface area (Å²) in [6.45, 7) is 15.0. The molecule has 0 spiro atoms. The Bertz CT molecular complexity index is 4.14. The molecular formula is C6H15Hf-3. The van der Waals surface area contributed by atoms with Crippen LogP contribution >= 0.6 is 0 Å². The van der Waals surface area contributed by atoms with Crippen molar-refractivity contribution in [3.05, 3.63) is 20.8 Å². The molecule has 0 rings (SSSR count). The third-order valence-electron chi connectivity index (χ3n) is 0. The standard InChI is InChI=1S/3C2H5.Hf/c3*1-2;/h3*1H2,2H3;/q3*-1;. The van der Waals surface area contributed by atoms with Crippen molar-refractivity contribution in [1.82, 2.24) is 0 Å². The Morgan fingerprint density at radius 3 is 0.571 bits per heavy atom. The van der Waals surface area contributed by atoms with Crippen LogP contribution in [0.1, 0.15) is 20.8 Å². The van der Waals surface area contributed by atoms with Gasteiger partial charge in [0.25, 0.3) is 0 Å². The fourth-order valence-electron chi connectivity index (χ4n) is 0. The van der Waals surface area contributed by atoms with Crippen molar-refractivity contribution in [3.63, 3.8) is 0 Å². The van der Waals surface area contributed by atoms with E-state index in [4.69, 9.17) is 0 Å². The largest absolute Gasteiger partial charge is 0.346 e. The maximum absolute atomic E-state index is 3.25. The van der Waals surface area contributed by atoms with Gasteiger partial charge in [0.2, 0.25) is 0 Å². The molecule has 0 saturated heterocycles. The van der Waals surface area contributed by atoms with Gasteiger partial charge in [-0.1, -0.05) is 0 Å². The Morgan fingerprint density at radius 2 is 0.571 bits per heavy atom. The zero-order valence-electron chi connectivity index (χ0n) is 5.62. The van der Waals surface area contributed by atoms with Crippen LogP contribution in [0, 0.1) is 20.8 Å². The Labute approximate surface area is 67.5 Å². The van der Waals surface area contributed by atoms with E-state index >= 15 is 0 Å². The molecule has 0 saturated carbocycles. The van der Waals surface area contributed by atoms with Gasteiger partial charge in [0, 0.05) is 25.8 Å². The minimum absolute atomic E-state index is 0. The summed E-state index contributed by atoms with van der Waals surface area (Å²) in [5.74, 6) is 0. The van der Waals surface area contributed by atoms with Gasteiger partial charge in [-0.2, -0.15) is 20.8 Å². The van der Waals surface area contributed by atoms with Crippen molar-refractivity contribution in [1.29, 1.82) is 0 Å². The molecule has 0 aliphatic rings. The van der Waals surface area contributed by atoms with E-state index in [1.165, 1.54) is 0 Å². The van der Waals surface area contributed by atoms with Crippen LogP contribution in [0.15, 0.2) is 0 Å². The molecule has 0 aliphatic heterocycles. The van der Waals surface area contributed by atoms with Gasteiger partial charge >= 0.3 is 0 Å². The van der Waals surface area contributed by atoms with Crippen LogP contribution in [0.2, 0.25) is 0 Å². The van der Waals surface area contributed by atoms with Crippen LogP contribution in [-0.2, 0) is 25.8 Å². The van der Waals surface area contributed by atoms with E-state index < -0.39 is 0 Å². The van der Waals surface area contributed by atoms with Crippen LogP contribution < -0.4 is 0 Å². The second-order valence-electron chi connectivity index (χ2n) is 0. The summed E-state index contributed by atoms with van der Waals surface area (Å²) in [5, 5.41) is 0. The van der Waals surface area contributed by atoms with E-state index in [-0.39, 0.29) is 25.8 Å². The summed E-state index contributed by atoms with van der Waals surface area (Å²) in [7, 11) is 0. The van der Waals surface area contributed by atoms with E-state index in [1.54, 1.807) is 20.8 Å². The summed E-state index contributed by atoms with van der Waals surface area (Å²) in [6, 6.07) is 0. The fourth-order valence-corrected chi connectivity index (χ4v) is 0. The van der Waals surface area contributed by atoms with E-state index in [2.05, 4.69) is 20.8 Å². The predicted molar refractivity (Wildman–Crippen MR) is 33.1 cm³/mol. The first kappa shape index (κ1) is 24.8. The van der Waals surface area contributed by atoms with Crippen LogP contribution in [-0.4, -0.2) is 0 Å². The van der Waals surface area contributed by atoms with Crippen molar-refractivity contribution in [2.24, 2.45) is 0 Å². The molecule has 0 heterocycles. The van der Waals surface area contributed by atoms with Crippen LogP contribution in [0.25, 0.3) is 0 Å². The van der Waals surface area contributed by atoms with Crippen molar-refractivity contribution in [2.75, 3.05) is 0 Å². The average Bonchev–Trinajstić information content (AvgIpc) is 1.81. The molecule has 0 aliphatic carbocycles. The number of rotatable bonds is 0. The monoisotopic (exact) mass is 267 g/mol. The molecule has 7 heavy (non-hydrogen) atoms. The third-order valence-corrected chi connectivity index (χ3v) is 0. The minimum Gasteiger partial charge on any atom is -0.346 e. The van der Waals surface area contributed by atoms with Gasteiger partial charge in [0.1, 0.15) is 0 Å². The first-order valence-corrected chi connectivity index (χ1v) is 2.12. The second-order valence-corrected chi connectivity index (χ2v) is 0. The summed E-state index contributed by atoms with van der Waals surface area (Å²) >= 11 is 0. The van der Waals surface area contributed by atoms with Crippen molar-refractivity contribution < 1.29 is 25.8 Å². The molecule has 0 radical (unpaired) electrons. The first-order valence-electron chi connectivity index (χ1n) is 2.12. The van der Waals surface area contributed by atoms with E-state index in [9.17, 15) is 0 Å². The maximum atomic E-state index is 3.25. The SMILES string of the molecule is [CH2-]C.[CH2-]C.[CH2-]C.[Hf]. The van der Waals surface area contributed by atoms with Crippen LogP contribution in [0.5, 0.6) is 0 Å². The molecule has 0 fully saturated rings. The Balaban J connectivity index is -0.00000000900. The third kappa shape index (κ3) is 215. The van der Waals surface area contributed by atoms with Crippen LogP contribution in [0.4, 0.5) is 0 Å². The van der Waals surface area contributed by atoms with Gasteiger partial charge in [-0.15, -0.1) is 0 Å². The molecule has 0 unspecified atom stereocenters. The Hall–Kier alpha value is 0.870. The van der Waals surface area contributed by atoms with Gasteiger partial charge in [-0.05, 0) is 0 Å². The molecule has 0 aromatic rings. The molecule has 0 bridgehead atoms. The van der Waals surface area contributed by atoms with Crippen molar-refractivity contribution in [3.8, 4) is 0 Å². The van der Waals surface area contributed by atoms with Gasteiger partial charge in [-0.3, -0.25) is 0 Å². The molecule has 1 heteroatoms. The van der Waals surface area contributed by atoms with E-state index in [1.807, 2.05) is 0 Å². The average molecular weight is 266 g/mol. The second kappa shape index (κ2) is 313. The molecule has 0 atom stereocenters. The molecule has 0 nitrogen and oxygen atoms in total. The van der Waals surface area contributed by atoms with Gasteiger partial charge < -0.3 is 20.8 Å². The smallest absolute Gasteiger partial charge is 0 e. The fraction of sp³-hybridized carbons (Fsp3) is 0.500. The Morgan fingerprint density at radius 1 is 0.571 bits per heavy atom. The van der Waals surface area contributed by atoms with Crippen LogP contribution in [0.3, 0.4) is 0 Å². The summed E-state index contributed by atoms with van der Waals surface area (Å²) in [5.41, 5.74) is 0. The summed E-state index contributed by atoms with van der Waals surface area (Å²) in [4.78, 5) is 0. The Kier molecular flexibility index (Phi) is 1110. The van der Waals surface area contributed by atoms with E-state index in [0.29, 0.717) is 0 Å². The number of hydrogen-bond acceptors (Lipinski definition) is 0. The predicted octanol–water partition coefficient (Wildman–Crippen LogP) is 2.52. The minimum atomic E-state index is 0. The topological polar surface area (TPSA) is 0 Å². The van der Waals surface area contributed by atoms with Gasteiger partial charge in [0.15, 0.2) is 0 Å². The zero-order chi connectivity index (χ0) is 6.00. The van der Waals surface area contributed by atoms with Gasteiger partial charge in [0.05, 0.1) is 0 Å². The summed E-state index contributed by atoms with van der Waals surface area (Å²) in [6.07, 6.45) is 0. The first-order chi connectivity index (χ1) is 3.00.